The van der Waals surface area contributed by atoms with Crippen LogP contribution in [0.2, 0.25) is 5.02 Å². The monoisotopic (exact) mass is 294 g/mol. The first-order valence-corrected chi connectivity index (χ1v) is 8.18. The van der Waals surface area contributed by atoms with Crippen molar-refractivity contribution in [3.05, 3.63) is 28.8 Å². The first-order chi connectivity index (χ1) is 9.58. The Morgan fingerprint density at radius 3 is 2.90 bits per heavy atom. The first-order valence-electron chi connectivity index (χ1n) is 7.81. The summed E-state index contributed by atoms with van der Waals surface area (Å²) in [7, 11) is 0. The highest BCUT2D eigenvalue weighted by molar-refractivity contribution is 6.33. The summed E-state index contributed by atoms with van der Waals surface area (Å²) in [5.74, 6) is 1.43. The van der Waals surface area contributed by atoms with Crippen molar-refractivity contribution < 1.29 is 0 Å². The highest BCUT2D eigenvalue weighted by Crippen LogP contribution is 2.33. The molecule has 1 aliphatic rings. The number of benzene rings is 1. The minimum absolute atomic E-state index is 0.674. The Kier molecular flexibility index (Phi) is 5.74. The summed E-state index contributed by atoms with van der Waals surface area (Å²) in [6.45, 7) is 11.0. The first kappa shape index (κ1) is 15.7. The van der Waals surface area contributed by atoms with Crippen LogP contribution in [0.15, 0.2) is 18.2 Å². The predicted molar refractivity (Wildman–Crippen MR) is 88.6 cm³/mol. The third-order valence-corrected chi connectivity index (χ3v) is 4.22. The van der Waals surface area contributed by atoms with E-state index in [4.69, 9.17) is 11.6 Å². The third kappa shape index (κ3) is 4.13. The van der Waals surface area contributed by atoms with E-state index in [2.05, 4.69) is 43.1 Å². The summed E-state index contributed by atoms with van der Waals surface area (Å²) >= 11 is 6.48. The molecule has 1 atom stereocenters. The number of para-hydroxylation sites is 1. The molecule has 112 valence electrons. The molecule has 0 bridgehead atoms. The number of anilines is 1. The van der Waals surface area contributed by atoms with Crippen LogP contribution in [0, 0.1) is 11.8 Å². The topological polar surface area (TPSA) is 15.3 Å². The molecule has 1 aromatic carbocycles. The summed E-state index contributed by atoms with van der Waals surface area (Å²) in [5, 5.41) is 4.43. The second-order valence-electron chi connectivity index (χ2n) is 6.47. The Hall–Kier alpha value is -0.730. The van der Waals surface area contributed by atoms with Crippen molar-refractivity contribution >= 4 is 17.3 Å². The van der Waals surface area contributed by atoms with E-state index in [1.165, 1.54) is 24.1 Å². The van der Waals surface area contributed by atoms with Gasteiger partial charge >= 0.3 is 0 Å². The molecule has 0 amide bonds. The van der Waals surface area contributed by atoms with Gasteiger partial charge in [0.25, 0.3) is 0 Å². The molecule has 1 aliphatic heterocycles. The van der Waals surface area contributed by atoms with Gasteiger partial charge in [-0.1, -0.05) is 44.5 Å². The molecule has 1 N–H and O–H groups in total. The average Bonchev–Trinajstić information content (AvgIpc) is 2.38. The molecular weight excluding hydrogens is 268 g/mol. The van der Waals surface area contributed by atoms with Gasteiger partial charge in [0.05, 0.1) is 10.7 Å². The molecule has 3 heteroatoms. The molecular formula is C17H27ClN2. The molecule has 0 radical (unpaired) electrons. The number of rotatable bonds is 5. The van der Waals surface area contributed by atoms with Gasteiger partial charge in [-0.2, -0.15) is 0 Å². The summed E-state index contributed by atoms with van der Waals surface area (Å²) < 4.78 is 0. The van der Waals surface area contributed by atoms with E-state index in [1.54, 1.807) is 0 Å². The second-order valence-corrected chi connectivity index (χ2v) is 6.87. The SMILES string of the molecule is CC(C)CNCc1cccc(Cl)c1N1CCCC(C)C1. The predicted octanol–water partition coefficient (Wildman–Crippen LogP) is 4.32. The Morgan fingerprint density at radius 1 is 1.40 bits per heavy atom. The Balaban J connectivity index is 2.13. The van der Waals surface area contributed by atoms with Crippen molar-refractivity contribution in [1.82, 2.24) is 5.32 Å². The number of hydrogen-bond acceptors (Lipinski definition) is 2. The van der Waals surface area contributed by atoms with Gasteiger partial charge in [-0.25, -0.2) is 0 Å². The third-order valence-electron chi connectivity index (χ3n) is 3.91. The molecule has 1 fully saturated rings. The van der Waals surface area contributed by atoms with Gasteiger partial charge in [0.15, 0.2) is 0 Å². The maximum atomic E-state index is 6.48. The van der Waals surface area contributed by atoms with Gasteiger partial charge in [0, 0.05) is 19.6 Å². The van der Waals surface area contributed by atoms with E-state index in [-0.39, 0.29) is 0 Å². The largest absolute Gasteiger partial charge is 0.370 e. The fraction of sp³-hybridized carbons (Fsp3) is 0.647. The molecule has 0 spiro atoms. The van der Waals surface area contributed by atoms with Crippen molar-refractivity contribution in [2.75, 3.05) is 24.5 Å². The zero-order chi connectivity index (χ0) is 14.5. The van der Waals surface area contributed by atoms with Crippen molar-refractivity contribution in [3.8, 4) is 0 Å². The van der Waals surface area contributed by atoms with E-state index >= 15 is 0 Å². The van der Waals surface area contributed by atoms with Crippen LogP contribution in [0.5, 0.6) is 0 Å². The fourth-order valence-electron chi connectivity index (χ4n) is 2.94. The van der Waals surface area contributed by atoms with Crippen molar-refractivity contribution in [2.24, 2.45) is 11.8 Å². The lowest BCUT2D eigenvalue weighted by Crippen LogP contribution is -2.35. The number of nitrogens with one attached hydrogen (secondary N) is 1. The zero-order valence-electron chi connectivity index (χ0n) is 13.0. The highest BCUT2D eigenvalue weighted by Gasteiger charge is 2.20. The van der Waals surface area contributed by atoms with E-state index in [9.17, 15) is 0 Å². The number of halogens is 1. The Labute approximate surface area is 128 Å². The quantitative estimate of drug-likeness (QED) is 0.870. The van der Waals surface area contributed by atoms with Crippen LogP contribution >= 0.6 is 11.6 Å². The second kappa shape index (κ2) is 7.33. The normalized spacial score (nSPS) is 19.6. The lowest BCUT2D eigenvalue weighted by molar-refractivity contribution is 0.445. The summed E-state index contributed by atoms with van der Waals surface area (Å²) in [5.41, 5.74) is 2.57. The zero-order valence-corrected chi connectivity index (χ0v) is 13.7. The number of hydrogen-bond donors (Lipinski definition) is 1. The highest BCUT2D eigenvalue weighted by atomic mass is 35.5. The van der Waals surface area contributed by atoms with Crippen molar-refractivity contribution in [2.45, 2.75) is 40.2 Å². The average molecular weight is 295 g/mol. The van der Waals surface area contributed by atoms with Crippen LogP contribution in [-0.2, 0) is 6.54 Å². The smallest absolute Gasteiger partial charge is 0.0642 e. The molecule has 1 unspecified atom stereocenters. The van der Waals surface area contributed by atoms with E-state index in [0.717, 1.165) is 37.1 Å². The standard InChI is InChI=1S/C17H27ClN2/c1-13(2)10-19-11-15-7-4-8-16(18)17(15)20-9-5-6-14(3)12-20/h4,7-8,13-14,19H,5-6,9-12H2,1-3H3. The summed E-state index contributed by atoms with van der Waals surface area (Å²) in [4.78, 5) is 2.48. The Bertz CT molecular complexity index is 431. The summed E-state index contributed by atoms with van der Waals surface area (Å²) in [6, 6.07) is 6.28. The van der Waals surface area contributed by atoms with Gasteiger partial charge in [0.1, 0.15) is 0 Å². The van der Waals surface area contributed by atoms with Crippen LogP contribution in [0.25, 0.3) is 0 Å². The molecule has 2 rings (SSSR count). The molecule has 1 aromatic rings. The van der Waals surface area contributed by atoms with Gasteiger partial charge in [-0.05, 0) is 42.9 Å². The van der Waals surface area contributed by atoms with E-state index in [1.807, 2.05) is 6.07 Å². The van der Waals surface area contributed by atoms with Gasteiger partial charge in [-0.3, -0.25) is 0 Å². The van der Waals surface area contributed by atoms with Crippen LogP contribution in [0.3, 0.4) is 0 Å². The van der Waals surface area contributed by atoms with Crippen molar-refractivity contribution in [3.63, 3.8) is 0 Å². The molecule has 1 heterocycles. The van der Waals surface area contributed by atoms with Crippen molar-refractivity contribution in [1.29, 1.82) is 0 Å². The number of piperidine rings is 1. The van der Waals surface area contributed by atoms with Gasteiger partial charge < -0.3 is 10.2 Å². The molecule has 0 aromatic heterocycles. The van der Waals surface area contributed by atoms with Gasteiger partial charge in [0.2, 0.25) is 0 Å². The van der Waals surface area contributed by atoms with Crippen LogP contribution < -0.4 is 10.2 Å². The number of nitrogens with zero attached hydrogens (tertiary/aromatic N) is 1. The molecule has 0 aliphatic carbocycles. The van der Waals surface area contributed by atoms with E-state index < -0.39 is 0 Å². The lowest BCUT2D eigenvalue weighted by atomic mass is 9.98. The fourth-order valence-corrected chi connectivity index (χ4v) is 3.26. The minimum Gasteiger partial charge on any atom is -0.370 e. The van der Waals surface area contributed by atoms with Crippen LogP contribution in [0.1, 0.15) is 39.2 Å². The van der Waals surface area contributed by atoms with Gasteiger partial charge in [-0.15, -0.1) is 0 Å². The maximum absolute atomic E-state index is 6.48. The molecule has 1 saturated heterocycles. The molecule has 0 saturated carbocycles. The minimum atomic E-state index is 0.674. The van der Waals surface area contributed by atoms with E-state index in [0.29, 0.717) is 5.92 Å². The maximum Gasteiger partial charge on any atom is 0.0642 e. The molecule has 2 nitrogen and oxygen atoms in total. The lowest BCUT2D eigenvalue weighted by Gasteiger charge is -2.34. The Morgan fingerprint density at radius 2 is 2.20 bits per heavy atom. The van der Waals surface area contributed by atoms with Crippen LogP contribution in [0.4, 0.5) is 5.69 Å². The summed E-state index contributed by atoms with van der Waals surface area (Å²) in [6.07, 6.45) is 2.60. The van der Waals surface area contributed by atoms with Crippen LogP contribution in [-0.4, -0.2) is 19.6 Å². The molecule has 20 heavy (non-hydrogen) atoms.